The van der Waals surface area contributed by atoms with E-state index in [1.165, 1.54) is 11.6 Å². The summed E-state index contributed by atoms with van der Waals surface area (Å²) in [7, 11) is 0. The maximum Gasteiger partial charge on any atom is 0.256 e. The second-order valence-corrected chi connectivity index (χ2v) is 6.52. The van der Waals surface area contributed by atoms with Gasteiger partial charge in [-0.3, -0.25) is 4.79 Å². The van der Waals surface area contributed by atoms with E-state index in [4.69, 9.17) is 0 Å². The van der Waals surface area contributed by atoms with Gasteiger partial charge in [0.25, 0.3) is 5.91 Å². The van der Waals surface area contributed by atoms with Crippen LogP contribution in [0.4, 0.5) is 4.39 Å². The molecule has 1 N–H and O–H groups in total. The summed E-state index contributed by atoms with van der Waals surface area (Å²) in [6.07, 6.45) is 0.744. The van der Waals surface area contributed by atoms with Gasteiger partial charge in [-0.05, 0) is 61.1 Å². The third kappa shape index (κ3) is 3.34. The smallest absolute Gasteiger partial charge is 0.256 e. The largest absolute Gasteiger partial charge is 0.393 e. The fourth-order valence-electron chi connectivity index (χ4n) is 3.03. The number of benzene rings is 2. The number of carbonyl (C=O) groups is 1. The summed E-state index contributed by atoms with van der Waals surface area (Å²) in [5.74, 6) is -0.798. The molecule has 1 saturated heterocycles. The molecule has 0 bridgehead atoms. The molecule has 0 saturated carbocycles. The second-order valence-electron chi connectivity index (χ2n) is 6.52. The summed E-state index contributed by atoms with van der Waals surface area (Å²) in [6, 6.07) is 10.8. The zero-order valence-corrected chi connectivity index (χ0v) is 14.1. The highest BCUT2D eigenvalue weighted by molar-refractivity contribution is 5.95. The van der Waals surface area contributed by atoms with Crippen molar-refractivity contribution in [1.29, 1.82) is 0 Å². The Bertz CT molecular complexity index is 764. The van der Waals surface area contributed by atoms with E-state index in [1.54, 1.807) is 17.0 Å². The van der Waals surface area contributed by atoms with Crippen molar-refractivity contribution in [3.8, 4) is 11.1 Å². The zero-order valence-electron chi connectivity index (χ0n) is 14.1. The van der Waals surface area contributed by atoms with Crippen LogP contribution in [0.2, 0.25) is 0 Å². The van der Waals surface area contributed by atoms with Crippen molar-refractivity contribution in [3.63, 3.8) is 0 Å². The molecule has 0 aromatic heterocycles. The number of likely N-dealkylation sites (tertiary alicyclic amines) is 1. The third-order valence-corrected chi connectivity index (χ3v) is 4.79. The number of amides is 1. The number of aryl methyl sites for hydroxylation is 2. The molecule has 0 radical (unpaired) electrons. The molecule has 0 atom stereocenters. The first-order valence-electron chi connectivity index (χ1n) is 8.30. The minimum atomic E-state index is -0.498. The molecule has 1 amide bonds. The van der Waals surface area contributed by atoms with Crippen LogP contribution in [0, 0.1) is 19.7 Å². The first kappa shape index (κ1) is 16.7. The minimum absolute atomic E-state index is 0.0963. The number of nitrogens with zero attached hydrogens (tertiary/aromatic N) is 1. The fourth-order valence-corrected chi connectivity index (χ4v) is 3.03. The summed E-state index contributed by atoms with van der Waals surface area (Å²) < 4.78 is 14.5. The Kier molecular flexibility index (Phi) is 4.67. The topological polar surface area (TPSA) is 40.5 Å². The number of aliphatic hydroxyl groups is 1. The average molecular weight is 327 g/mol. The molecule has 2 aromatic carbocycles. The van der Waals surface area contributed by atoms with Crippen LogP contribution < -0.4 is 0 Å². The molecule has 1 aliphatic heterocycles. The normalized spacial score (nSPS) is 15.6. The molecule has 1 heterocycles. The van der Waals surface area contributed by atoms with Crippen LogP contribution >= 0.6 is 0 Å². The van der Waals surface area contributed by atoms with Crippen LogP contribution in [0.25, 0.3) is 11.1 Å². The van der Waals surface area contributed by atoms with Crippen LogP contribution in [-0.2, 0) is 0 Å². The van der Waals surface area contributed by atoms with Crippen LogP contribution in [0.1, 0.15) is 34.3 Å². The molecule has 1 aliphatic rings. The van der Waals surface area contributed by atoms with Crippen LogP contribution in [0.5, 0.6) is 0 Å². The molecular formula is C20H22FNO2. The SMILES string of the molecule is Cc1ccc(-c2ccc(C(=O)N3CCC(O)CC3)c(F)c2)cc1C. The van der Waals surface area contributed by atoms with Crippen molar-refractivity contribution in [1.82, 2.24) is 4.90 Å². The maximum atomic E-state index is 14.5. The second kappa shape index (κ2) is 6.73. The van der Waals surface area contributed by atoms with E-state index in [0.29, 0.717) is 25.9 Å². The lowest BCUT2D eigenvalue weighted by Gasteiger charge is -2.29. The van der Waals surface area contributed by atoms with E-state index in [1.807, 2.05) is 32.0 Å². The molecule has 1 fully saturated rings. The Morgan fingerprint density at radius 2 is 1.67 bits per heavy atom. The first-order chi connectivity index (χ1) is 11.5. The summed E-state index contributed by atoms with van der Waals surface area (Å²) in [4.78, 5) is 14.1. The Morgan fingerprint density at radius 3 is 2.29 bits per heavy atom. The standard InChI is InChI=1S/C20H22FNO2/c1-13-3-4-15(11-14(13)2)16-5-6-18(19(21)12-16)20(24)22-9-7-17(23)8-10-22/h3-6,11-12,17,23H,7-10H2,1-2H3. The quantitative estimate of drug-likeness (QED) is 0.913. The van der Waals surface area contributed by atoms with E-state index < -0.39 is 5.82 Å². The van der Waals surface area contributed by atoms with Crippen molar-refractivity contribution in [2.24, 2.45) is 0 Å². The summed E-state index contributed by atoms with van der Waals surface area (Å²) in [5.41, 5.74) is 4.15. The zero-order chi connectivity index (χ0) is 17.3. The van der Waals surface area contributed by atoms with Gasteiger partial charge in [0.1, 0.15) is 5.82 Å². The van der Waals surface area contributed by atoms with E-state index in [-0.39, 0.29) is 17.6 Å². The summed E-state index contributed by atoms with van der Waals surface area (Å²) in [6.45, 7) is 5.01. The van der Waals surface area contributed by atoms with Gasteiger partial charge >= 0.3 is 0 Å². The van der Waals surface area contributed by atoms with Gasteiger partial charge in [0.15, 0.2) is 0 Å². The number of aliphatic hydroxyl groups excluding tert-OH is 1. The van der Waals surface area contributed by atoms with E-state index in [0.717, 1.165) is 16.7 Å². The minimum Gasteiger partial charge on any atom is -0.393 e. The predicted molar refractivity (Wildman–Crippen MR) is 92.5 cm³/mol. The summed E-state index contributed by atoms with van der Waals surface area (Å²) >= 11 is 0. The molecule has 126 valence electrons. The van der Waals surface area contributed by atoms with Crippen molar-refractivity contribution in [2.45, 2.75) is 32.8 Å². The number of hydrogen-bond acceptors (Lipinski definition) is 2. The third-order valence-electron chi connectivity index (χ3n) is 4.79. The van der Waals surface area contributed by atoms with Gasteiger partial charge in [0.2, 0.25) is 0 Å². The number of rotatable bonds is 2. The van der Waals surface area contributed by atoms with Gasteiger partial charge in [0, 0.05) is 13.1 Å². The van der Waals surface area contributed by atoms with Crippen molar-refractivity contribution < 1.29 is 14.3 Å². The molecule has 24 heavy (non-hydrogen) atoms. The molecule has 2 aromatic rings. The molecule has 0 aliphatic carbocycles. The average Bonchev–Trinajstić information content (AvgIpc) is 2.57. The highest BCUT2D eigenvalue weighted by Crippen LogP contribution is 2.25. The Morgan fingerprint density at radius 1 is 1.04 bits per heavy atom. The van der Waals surface area contributed by atoms with Gasteiger partial charge in [-0.2, -0.15) is 0 Å². The number of piperidine rings is 1. The van der Waals surface area contributed by atoms with Gasteiger partial charge in [0.05, 0.1) is 11.7 Å². The molecule has 0 unspecified atom stereocenters. The van der Waals surface area contributed by atoms with Gasteiger partial charge < -0.3 is 10.0 Å². The Balaban J connectivity index is 1.84. The fraction of sp³-hybridized carbons (Fsp3) is 0.350. The van der Waals surface area contributed by atoms with Crippen LogP contribution in [-0.4, -0.2) is 35.1 Å². The number of halogens is 1. The van der Waals surface area contributed by atoms with Gasteiger partial charge in [-0.1, -0.05) is 24.3 Å². The highest BCUT2D eigenvalue weighted by Gasteiger charge is 2.24. The lowest BCUT2D eigenvalue weighted by molar-refractivity contribution is 0.0543. The van der Waals surface area contributed by atoms with E-state index >= 15 is 0 Å². The predicted octanol–water partition coefficient (Wildman–Crippen LogP) is 3.71. The molecule has 4 heteroatoms. The summed E-state index contributed by atoms with van der Waals surface area (Å²) in [5, 5.41) is 9.53. The maximum absolute atomic E-state index is 14.5. The monoisotopic (exact) mass is 327 g/mol. The van der Waals surface area contributed by atoms with Crippen LogP contribution in [0.3, 0.4) is 0 Å². The van der Waals surface area contributed by atoms with E-state index in [2.05, 4.69) is 0 Å². The van der Waals surface area contributed by atoms with Crippen molar-refractivity contribution >= 4 is 5.91 Å². The number of hydrogen-bond donors (Lipinski definition) is 1. The highest BCUT2D eigenvalue weighted by atomic mass is 19.1. The molecule has 3 nitrogen and oxygen atoms in total. The molecule has 3 rings (SSSR count). The van der Waals surface area contributed by atoms with Gasteiger partial charge in [-0.25, -0.2) is 4.39 Å². The number of carbonyl (C=O) groups excluding carboxylic acids is 1. The Labute approximate surface area is 141 Å². The molecule has 0 spiro atoms. The lowest BCUT2D eigenvalue weighted by Crippen LogP contribution is -2.40. The Hall–Kier alpha value is -2.20. The van der Waals surface area contributed by atoms with Crippen molar-refractivity contribution in [2.75, 3.05) is 13.1 Å². The van der Waals surface area contributed by atoms with E-state index in [9.17, 15) is 14.3 Å². The molecular weight excluding hydrogens is 305 g/mol. The van der Waals surface area contributed by atoms with Crippen molar-refractivity contribution in [3.05, 3.63) is 58.9 Å². The lowest BCUT2D eigenvalue weighted by atomic mass is 9.99. The van der Waals surface area contributed by atoms with Crippen LogP contribution in [0.15, 0.2) is 36.4 Å². The first-order valence-corrected chi connectivity index (χ1v) is 8.30. The van der Waals surface area contributed by atoms with Gasteiger partial charge in [-0.15, -0.1) is 0 Å².